The first-order chi connectivity index (χ1) is 14.1. The molecule has 2 amide bonds. The van der Waals surface area contributed by atoms with Crippen LogP contribution in [0, 0.1) is 0 Å². The summed E-state index contributed by atoms with van der Waals surface area (Å²) in [6.07, 6.45) is 2.77. The lowest BCUT2D eigenvalue weighted by Crippen LogP contribution is -2.35. The second kappa shape index (κ2) is 10.1. The number of rotatable bonds is 9. The number of para-hydroxylation sites is 1. The van der Waals surface area contributed by atoms with Crippen LogP contribution in [-0.4, -0.2) is 42.5 Å². The van der Waals surface area contributed by atoms with Crippen molar-refractivity contribution in [2.75, 3.05) is 19.7 Å². The fourth-order valence-corrected chi connectivity index (χ4v) is 2.94. The highest BCUT2D eigenvalue weighted by molar-refractivity contribution is 5.85. The fourth-order valence-electron chi connectivity index (χ4n) is 2.94. The number of fused-ring (bicyclic) bond motifs is 1. The van der Waals surface area contributed by atoms with Gasteiger partial charge in [-0.25, -0.2) is 0 Å². The summed E-state index contributed by atoms with van der Waals surface area (Å²) in [6.45, 7) is -0.207. The van der Waals surface area contributed by atoms with Crippen LogP contribution >= 0.6 is 0 Å². The van der Waals surface area contributed by atoms with E-state index in [1.807, 2.05) is 60.8 Å². The molecule has 0 saturated carbocycles. The van der Waals surface area contributed by atoms with Crippen molar-refractivity contribution in [1.29, 1.82) is 0 Å². The number of carbonyl (C=O) groups excluding carboxylic acids is 3. The van der Waals surface area contributed by atoms with Crippen LogP contribution in [0.3, 0.4) is 0 Å². The van der Waals surface area contributed by atoms with Gasteiger partial charge < -0.3 is 20.4 Å². The molecule has 3 rings (SSSR count). The van der Waals surface area contributed by atoms with Gasteiger partial charge in [0.1, 0.15) is 6.54 Å². The minimum atomic E-state index is -0.654. The third-order valence-corrected chi connectivity index (χ3v) is 4.39. The number of carbonyl (C=O) groups is 3. The van der Waals surface area contributed by atoms with Crippen molar-refractivity contribution in [2.24, 2.45) is 0 Å². The Morgan fingerprint density at radius 2 is 1.66 bits per heavy atom. The molecule has 0 atom stereocenters. The fraction of sp³-hybridized carbons (Fsp3) is 0.227. The van der Waals surface area contributed by atoms with Gasteiger partial charge in [-0.3, -0.25) is 14.4 Å². The van der Waals surface area contributed by atoms with Crippen LogP contribution < -0.4 is 10.6 Å². The van der Waals surface area contributed by atoms with Crippen LogP contribution in [0.2, 0.25) is 0 Å². The van der Waals surface area contributed by atoms with Crippen molar-refractivity contribution in [1.82, 2.24) is 15.6 Å². The van der Waals surface area contributed by atoms with E-state index in [0.717, 1.165) is 22.0 Å². The van der Waals surface area contributed by atoms with Crippen molar-refractivity contribution in [3.63, 3.8) is 0 Å². The van der Waals surface area contributed by atoms with Gasteiger partial charge in [-0.15, -0.1) is 0 Å². The van der Waals surface area contributed by atoms with Crippen LogP contribution in [0.4, 0.5) is 0 Å². The Hall–Kier alpha value is -3.61. The van der Waals surface area contributed by atoms with Crippen molar-refractivity contribution < 1.29 is 19.1 Å². The summed E-state index contributed by atoms with van der Waals surface area (Å²) < 4.78 is 4.89. The number of hydrogen-bond donors (Lipinski definition) is 3. The summed E-state index contributed by atoms with van der Waals surface area (Å²) in [6, 6.07) is 17.2. The topological polar surface area (TPSA) is 100 Å². The average Bonchev–Trinajstić information content (AvgIpc) is 3.15. The van der Waals surface area contributed by atoms with Gasteiger partial charge in [0.15, 0.2) is 6.61 Å². The first-order valence-corrected chi connectivity index (χ1v) is 9.40. The molecule has 3 N–H and O–H groups in total. The number of amides is 2. The first kappa shape index (κ1) is 20.1. The number of aromatic nitrogens is 1. The van der Waals surface area contributed by atoms with Crippen LogP contribution in [0.1, 0.15) is 11.1 Å². The SMILES string of the molecule is O=C(COC(=O)CNC(=O)Cc1ccccc1)NCCc1c[nH]c2ccccc12. The highest BCUT2D eigenvalue weighted by Crippen LogP contribution is 2.17. The molecule has 7 nitrogen and oxygen atoms in total. The lowest BCUT2D eigenvalue weighted by Gasteiger charge is -2.07. The summed E-state index contributed by atoms with van der Waals surface area (Å²) in [5.41, 5.74) is 3.02. The number of aromatic amines is 1. The Bertz CT molecular complexity index is 982. The zero-order valence-corrected chi connectivity index (χ0v) is 15.9. The zero-order chi connectivity index (χ0) is 20.5. The number of H-pyrrole nitrogens is 1. The van der Waals surface area contributed by atoms with E-state index in [4.69, 9.17) is 4.74 Å². The van der Waals surface area contributed by atoms with Crippen LogP contribution in [0.25, 0.3) is 10.9 Å². The van der Waals surface area contributed by atoms with Crippen LogP contribution in [-0.2, 0) is 32.0 Å². The first-order valence-electron chi connectivity index (χ1n) is 9.40. The normalized spacial score (nSPS) is 10.5. The lowest BCUT2D eigenvalue weighted by molar-refractivity contribution is -0.148. The van der Waals surface area contributed by atoms with Gasteiger partial charge in [-0.05, 0) is 23.6 Å². The Morgan fingerprint density at radius 3 is 2.48 bits per heavy atom. The number of hydrogen-bond acceptors (Lipinski definition) is 4. The van der Waals surface area contributed by atoms with Gasteiger partial charge in [0.25, 0.3) is 5.91 Å². The molecule has 3 aromatic rings. The maximum atomic E-state index is 11.8. The van der Waals surface area contributed by atoms with Gasteiger partial charge in [0.2, 0.25) is 5.91 Å². The molecule has 0 aliphatic heterocycles. The summed E-state index contributed by atoms with van der Waals surface area (Å²) in [5, 5.41) is 6.33. The van der Waals surface area contributed by atoms with E-state index in [-0.39, 0.29) is 31.4 Å². The smallest absolute Gasteiger partial charge is 0.325 e. The summed E-state index contributed by atoms with van der Waals surface area (Å²) in [7, 11) is 0. The number of benzene rings is 2. The highest BCUT2D eigenvalue weighted by atomic mass is 16.5. The molecule has 0 saturated heterocycles. The molecule has 1 heterocycles. The maximum absolute atomic E-state index is 11.8. The standard InChI is InChI=1S/C22H23N3O4/c26-20(12-16-6-2-1-3-7-16)25-14-22(28)29-15-21(27)23-11-10-17-13-24-19-9-5-4-8-18(17)19/h1-9,13,24H,10-12,14-15H2,(H,23,27)(H,25,26). The van der Waals surface area contributed by atoms with Crippen molar-refractivity contribution >= 4 is 28.7 Å². The molecule has 29 heavy (non-hydrogen) atoms. The Balaban J connectivity index is 1.30. The number of nitrogens with one attached hydrogen (secondary N) is 3. The van der Waals surface area contributed by atoms with E-state index in [9.17, 15) is 14.4 Å². The molecule has 0 bridgehead atoms. The number of esters is 1. The van der Waals surface area contributed by atoms with E-state index in [0.29, 0.717) is 13.0 Å². The van der Waals surface area contributed by atoms with E-state index < -0.39 is 5.97 Å². The minimum Gasteiger partial charge on any atom is -0.454 e. The molecular weight excluding hydrogens is 370 g/mol. The minimum absolute atomic E-state index is 0.183. The third kappa shape index (κ3) is 6.21. The van der Waals surface area contributed by atoms with Gasteiger partial charge in [0, 0.05) is 23.6 Å². The van der Waals surface area contributed by atoms with Gasteiger partial charge >= 0.3 is 5.97 Å². The van der Waals surface area contributed by atoms with Crippen LogP contribution in [0.5, 0.6) is 0 Å². The van der Waals surface area contributed by atoms with E-state index in [1.54, 1.807) is 0 Å². The summed E-state index contributed by atoms with van der Waals surface area (Å²) in [4.78, 5) is 38.5. The summed E-state index contributed by atoms with van der Waals surface area (Å²) >= 11 is 0. The Labute approximate surface area is 168 Å². The van der Waals surface area contributed by atoms with Crippen molar-refractivity contribution in [2.45, 2.75) is 12.8 Å². The van der Waals surface area contributed by atoms with E-state index in [2.05, 4.69) is 15.6 Å². The molecule has 0 unspecified atom stereocenters. The average molecular weight is 393 g/mol. The maximum Gasteiger partial charge on any atom is 0.325 e. The molecule has 2 aromatic carbocycles. The molecular formula is C22H23N3O4. The predicted octanol–water partition coefficient (Wildman–Crippen LogP) is 1.73. The molecule has 7 heteroatoms. The Morgan fingerprint density at radius 1 is 0.897 bits per heavy atom. The van der Waals surface area contributed by atoms with Crippen molar-refractivity contribution in [3.8, 4) is 0 Å². The second-order valence-corrected chi connectivity index (χ2v) is 6.56. The molecule has 1 aromatic heterocycles. The molecule has 0 spiro atoms. The third-order valence-electron chi connectivity index (χ3n) is 4.39. The van der Waals surface area contributed by atoms with Crippen LogP contribution in [0.15, 0.2) is 60.8 Å². The monoisotopic (exact) mass is 393 g/mol. The highest BCUT2D eigenvalue weighted by Gasteiger charge is 2.10. The predicted molar refractivity (Wildman–Crippen MR) is 109 cm³/mol. The van der Waals surface area contributed by atoms with E-state index >= 15 is 0 Å². The number of ether oxygens (including phenoxy) is 1. The molecule has 150 valence electrons. The van der Waals surface area contributed by atoms with Gasteiger partial charge in [0.05, 0.1) is 6.42 Å². The van der Waals surface area contributed by atoms with E-state index in [1.165, 1.54) is 0 Å². The quantitative estimate of drug-likeness (QED) is 0.482. The second-order valence-electron chi connectivity index (χ2n) is 6.56. The molecule has 0 fully saturated rings. The van der Waals surface area contributed by atoms with Crippen molar-refractivity contribution in [3.05, 3.63) is 71.9 Å². The largest absolute Gasteiger partial charge is 0.454 e. The van der Waals surface area contributed by atoms with Gasteiger partial charge in [-0.2, -0.15) is 0 Å². The molecule has 0 aliphatic carbocycles. The zero-order valence-electron chi connectivity index (χ0n) is 15.9. The lowest BCUT2D eigenvalue weighted by atomic mass is 10.1. The van der Waals surface area contributed by atoms with Gasteiger partial charge in [-0.1, -0.05) is 48.5 Å². The Kier molecular flexibility index (Phi) is 7.00. The molecule has 0 aliphatic rings. The molecule has 0 radical (unpaired) electrons. The summed E-state index contributed by atoms with van der Waals surface area (Å²) in [5.74, 6) is -1.32.